The van der Waals surface area contributed by atoms with Gasteiger partial charge in [0, 0.05) is 19.1 Å². The minimum Gasteiger partial charge on any atom is -0.423 e. The summed E-state index contributed by atoms with van der Waals surface area (Å²) in [6.07, 6.45) is 1.47. The number of benzene rings is 2. The number of epoxide rings is 1. The maximum Gasteiger partial charge on any atom is 0.161 e. The molecule has 1 heterocycles. The molecule has 0 spiro atoms. The number of rotatable bonds is 11. The molecule has 0 radical (unpaired) electrons. The first kappa shape index (κ1) is 17.4. The van der Waals surface area contributed by atoms with Crippen molar-refractivity contribution >= 4 is 9.76 Å². The van der Waals surface area contributed by atoms with Gasteiger partial charge in [0.25, 0.3) is 0 Å². The minimum absolute atomic E-state index is 0.322. The van der Waals surface area contributed by atoms with Gasteiger partial charge >= 0.3 is 0 Å². The van der Waals surface area contributed by atoms with E-state index in [0.29, 0.717) is 12.0 Å². The fraction of sp³-hybridized carbons (Fsp3) is 0.400. The molecule has 0 amide bonds. The van der Waals surface area contributed by atoms with Crippen LogP contribution in [0.15, 0.2) is 60.7 Å². The Labute approximate surface area is 146 Å². The summed E-state index contributed by atoms with van der Waals surface area (Å²) in [5.74, 6) is 0.322. The van der Waals surface area contributed by atoms with Crippen LogP contribution >= 0.6 is 0 Å². The van der Waals surface area contributed by atoms with Crippen molar-refractivity contribution in [3.05, 3.63) is 71.8 Å². The second kappa shape index (κ2) is 9.74. The van der Waals surface area contributed by atoms with Crippen molar-refractivity contribution in [2.75, 3.05) is 26.4 Å². The van der Waals surface area contributed by atoms with Gasteiger partial charge in [-0.15, -0.1) is 0 Å². The number of ether oxygens (including phenoxy) is 2. The van der Waals surface area contributed by atoms with Crippen molar-refractivity contribution in [3.63, 3.8) is 0 Å². The van der Waals surface area contributed by atoms with Crippen LogP contribution in [0.4, 0.5) is 0 Å². The summed E-state index contributed by atoms with van der Waals surface area (Å²) in [5.41, 5.74) is 2.65. The molecule has 3 nitrogen and oxygen atoms in total. The molecule has 2 aromatic rings. The topological polar surface area (TPSA) is 31.0 Å². The normalized spacial score (nSPS) is 17.0. The van der Waals surface area contributed by atoms with Crippen LogP contribution in [0, 0.1) is 0 Å². The lowest BCUT2D eigenvalue weighted by Crippen LogP contribution is -2.12. The van der Waals surface area contributed by atoms with Crippen LogP contribution in [0.1, 0.15) is 23.5 Å². The lowest BCUT2D eigenvalue weighted by atomic mass is 9.92. The van der Waals surface area contributed by atoms with Crippen molar-refractivity contribution in [2.45, 2.75) is 24.5 Å². The third-order valence-corrected chi connectivity index (χ3v) is 5.53. The maximum absolute atomic E-state index is 6.10. The molecule has 0 aromatic heterocycles. The first-order valence-corrected chi connectivity index (χ1v) is 10.4. The number of hydrogen-bond acceptors (Lipinski definition) is 3. The Hall–Kier alpha value is -1.46. The molecule has 1 aliphatic rings. The van der Waals surface area contributed by atoms with Gasteiger partial charge in [-0.2, -0.15) is 0 Å². The van der Waals surface area contributed by atoms with Gasteiger partial charge in [0.2, 0.25) is 0 Å². The van der Waals surface area contributed by atoms with Crippen molar-refractivity contribution in [1.29, 1.82) is 0 Å². The Morgan fingerprint density at radius 3 is 2.21 bits per heavy atom. The van der Waals surface area contributed by atoms with Crippen LogP contribution in [0.3, 0.4) is 0 Å². The Kier molecular flexibility index (Phi) is 7.05. The van der Waals surface area contributed by atoms with E-state index in [4.69, 9.17) is 13.9 Å². The molecular formula is C20H26O3Si. The van der Waals surface area contributed by atoms with Crippen LogP contribution < -0.4 is 0 Å². The summed E-state index contributed by atoms with van der Waals surface area (Å²) in [7, 11) is -0.484. The monoisotopic (exact) mass is 342 g/mol. The SMILES string of the molecule is c1ccc(C(CO[SiH2]CCCOCC2CO2)c2ccccc2)cc1. The third kappa shape index (κ3) is 5.87. The molecule has 1 fully saturated rings. The lowest BCUT2D eigenvalue weighted by Gasteiger charge is -2.18. The molecule has 3 rings (SSSR count). The van der Waals surface area contributed by atoms with Crippen LogP contribution in [0.2, 0.25) is 6.04 Å². The van der Waals surface area contributed by atoms with E-state index in [1.165, 1.54) is 17.2 Å². The highest BCUT2D eigenvalue weighted by molar-refractivity contribution is 6.27. The largest absolute Gasteiger partial charge is 0.423 e. The van der Waals surface area contributed by atoms with Gasteiger partial charge in [0.05, 0.1) is 13.2 Å². The second-order valence-corrected chi connectivity index (χ2v) is 7.71. The van der Waals surface area contributed by atoms with Gasteiger partial charge in [0.1, 0.15) is 6.10 Å². The van der Waals surface area contributed by atoms with Crippen LogP contribution in [-0.2, 0) is 13.9 Å². The van der Waals surface area contributed by atoms with Crippen LogP contribution in [0.25, 0.3) is 0 Å². The van der Waals surface area contributed by atoms with E-state index in [0.717, 1.165) is 32.8 Å². The van der Waals surface area contributed by atoms with E-state index in [9.17, 15) is 0 Å². The van der Waals surface area contributed by atoms with E-state index in [1.54, 1.807) is 0 Å². The van der Waals surface area contributed by atoms with Crippen molar-refractivity contribution in [2.24, 2.45) is 0 Å². The zero-order chi connectivity index (χ0) is 16.5. The average molecular weight is 343 g/mol. The fourth-order valence-corrected chi connectivity index (χ4v) is 3.76. The van der Waals surface area contributed by atoms with Crippen LogP contribution in [0.5, 0.6) is 0 Å². The van der Waals surface area contributed by atoms with E-state index in [1.807, 2.05) is 0 Å². The molecule has 0 N–H and O–H groups in total. The van der Waals surface area contributed by atoms with E-state index in [-0.39, 0.29) is 0 Å². The Morgan fingerprint density at radius 2 is 1.62 bits per heavy atom. The summed E-state index contributed by atoms with van der Waals surface area (Å²) in [4.78, 5) is 0. The van der Waals surface area contributed by atoms with E-state index >= 15 is 0 Å². The molecule has 2 aromatic carbocycles. The highest BCUT2D eigenvalue weighted by atomic mass is 28.2. The lowest BCUT2D eigenvalue weighted by molar-refractivity contribution is 0.116. The van der Waals surface area contributed by atoms with Gasteiger partial charge in [-0.3, -0.25) is 0 Å². The average Bonchev–Trinajstić information content (AvgIpc) is 3.46. The van der Waals surface area contributed by atoms with Crippen molar-refractivity contribution in [3.8, 4) is 0 Å². The molecule has 4 heteroatoms. The standard InChI is InChI=1S/C20H26O3Si/c1-3-8-17(9-4-1)20(18-10-5-2-6-11-18)16-23-24-13-7-12-21-14-19-15-22-19/h1-6,8-11,19-20H,7,12-16,24H2. The van der Waals surface area contributed by atoms with Gasteiger partial charge in [-0.25, -0.2) is 0 Å². The van der Waals surface area contributed by atoms with Gasteiger partial charge in [-0.1, -0.05) is 60.7 Å². The molecule has 1 atom stereocenters. The summed E-state index contributed by atoms with van der Waals surface area (Å²) >= 11 is 0. The van der Waals surface area contributed by atoms with E-state index in [2.05, 4.69) is 60.7 Å². The summed E-state index contributed by atoms with van der Waals surface area (Å²) in [6.45, 7) is 3.23. The molecule has 1 saturated heterocycles. The van der Waals surface area contributed by atoms with Gasteiger partial charge in [0.15, 0.2) is 9.76 Å². The molecule has 1 unspecified atom stereocenters. The summed E-state index contributed by atoms with van der Waals surface area (Å²) < 4.78 is 16.8. The minimum atomic E-state index is -0.484. The molecule has 24 heavy (non-hydrogen) atoms. The van der Waals surface area contributed by atoms with Crippen molar-refractivity contribution in [1.82, 2.24) is 0 Å². The zero-order valence-corrected chi connectivity index (χ0v) is 15.5. The van der Waals surface area contributed by atoms with Gasteiger partial charge in [-0.05, 0) is 23.6 Å². The second-order valence-electron chi connectivity index (χ2n) is 6.19. The van der Waals surface area contributed by atoms with Gasteiger partial charge < -0.3 is 13.9 Å². The Morgan fingerprint density at radius 1 is 1.00 bits per heavy atom. The summed E-state index contributed by atoms with van der Waals surface area (Å²) in [6, 6.07) is 22.5. The maximum atomic E-state index is 6.10. The highest BCUT2D eigenvalue weighted by Crippen LogP contribution is 2.24. The molecule has 0 aliphatic carbocycles. The quantitative estimate of drug-likeness (QED) is 0.357. The highest BCUT2D eigenvalue weighted by Gasteiger charge is 2.21. The summed E-state index contributed by atoms with van der Waals surface area (Å²) in [5, 5.41) is 0. The molecule has 0 bridgehead atoms. The first-order valence-electron chi connectivity index (χ1n) is 8.80. The first-order chi connectivity index (χ1) is 11.9. The van der Waals surface area contributed by atoms with E-state index < -0.39 is 9.76 Å². The third-order valence-electron chi connectivity index (χ3n) is 4.22. The zero-order valence-electron chi connectivity index (χ0n) is 14.1. The molecule has 1 aliphatic heterocycles. The van der Waals surface area contributed by atoms with Crippen molar-refractivity contribution < 1.29 is 13.9 Å². The Bertz CT molecular complexity index is 532. The van der Waals surface area contributed by atoms with Crippen LogP contribution in [-0.4, -0.2) is 42.3 Å². The number of hydrogen-bond donors (Lipinski definition) is 0. The molecule has 0 saturated carbocycles. The fourth-order valence-electron chi connectivity index (χ4n) is 2.74. The smallest absolute Gasteiger partial charge is 0.161 e. The predicted molar refractivity (Wildman–Crippen MR) is 99.2 cm³/mol. The Balaban J connectivity index is 1.41. The molecule has 128 valence electrons. The molecular weight excluding hydrogens is 316 g/mol. The predicted octanol–water partition coefficient (Wildman–Crippen LogP) is 3.14.